The number of ether oxygens (including phenoxy) is 1. The number of thiazole rings is 1. The number of hydrogen-bond donors (Lipinski definition) is 0. The highest BCUT2D eigenvalue weighted by Crippen LogP contribution is 2.24. The van der Waals surface area contributed by atoms with E-state index < -0.39 is 5.97 Å². The summed E-state index contributed by atoms with van der Waals surface area (Å²) < 4.78 is 5.21. The molecule has 1 aromatic rings. The molecule has 94 valence electrons. The molecular weight excluding hydrogens is 248 g/mol. The Morgan fingerprint density at radius 3 is 2.83 bits per heavy atom. The van der Waals surface area contributed by atoms with E-state index in [9.17, 15) is 10.1 Å². The molecular formula is C13H14N2O2S. The quantitative estimate of drug-likeness (QED) is 0.353. The zero-order valence-corrected chi connectivity index (χ0v) is 11.2. The molecule has 1 rings (SSSR count). The lowest BCUT2D eigenvalue weighted by Crippen LogP contribution is -2.06. The van der Waals surface area contributed by atoms with Crippen molar-refractivity contribution in [1.29, 1.82) is 5.26 Å². The molecule has 0 spiro atoms. The predicted octanol–water partition coefficient (Wildman–Crippen LogP) is 3.30. The fourth-order valence-electron chi connectivity index (χ4n) is 1.23. The molecule has 0 aliphatic carbocycles. The molecule has 0 atom stereocenters. The van der Waals surface area contributed by atoms with Crippen LogP contribution >= 0.6 is 11.3 Å². The van der Waals surface area contributed by atoms with Crippen LogP contribution < -0.4 is 0 Å². The maximum atomic E-state index is 11.5. The predicted molar refractivity (Wildman–Crippen MR) is 70.5 cm³/mol. The van der Waals surface area contributed by atoms with Gasteiger partial charge in [-0.1, -0.05) is 13.5 Å². The van der Waals surface area contributed by atoms with Crippen LogP contribution in [0.3, 0.4) is 0 Å². The van der Waals surface area contributed by atoms with Gasteiger partial charge in [-0.05, 0) is 13.3 Å². The minimum absolute atomic E-state index is 0.306. The number of allylic oxidation sites excluding steroid dienone is 2. The van der Waals surface area contributed by atoms with E-state index in [1.807, 2.05) is 6.92 Å². The molecule has 18 heavy (non-hydrogen) atoms. The van der Waals surface area contributed by atoms with Crippen molar-refractivity contribution in [2.24, 2.45) is 0 Å². The topological polar surface area (TPSA) is 63.0 Å². The molecule has 0 fully saturated rings. The number of carbonyl (C=O) groups is 1. The molecule has 0 N–H and O–H groups in total. The molecule has 0 saturated carbocycles. The Balaban J connectivity index is 3.11. The molecule has 0 aliphatic heterocycles. The van der Waals surface area contributed by atoms with Crippen LogP contribution in [0.5, 0.6) is 0 Å². The summed E-state index contributed by atoms with van der Waals surface area (Å²) in [6, 6.07) is 2.05. The average Bonchev–Trinajstić information content (AvgIpc) is 2.83. The number of carbonyl (C=O) groups excluding carboxylic acids is 1. The van der Waals surface area contributed by atoms with Gasteiger partial charge in [-0.3, -0.25) is 0 Å². The molecule has 0 saturated heterocycles. The minimum Gasteiger partial charge on any atom is -0.426 e. The van der Waals surface area contributed by atoms with Crippen molar-refractivity contribution < 1.29 is 9.53 Å². The second-order valence-corrected chi connectivity index (χ2v) is 4.56. The highest BCUT2D eigenvalue weighted by molar-refractivity contribution is 7.10. The van der Waals surface area contributed by atoms with Crippen molar-refractivity contribution in [3.8, 4) is 6.07 Å². The highest BCUT2D eigenvalue weighted by atomic mass is 32.1. The minimum atomic E-state index is -0.511. The van der Waals surface area contributed by atoms with Crippen molar-refractivity contribution in [3.05, 3.63) is 34.5 Å². The molecule has 0 unspecified atom stereocenters. The molecule has 4 nitrogen and oxygen atoms in total. The van der Waals surface area contributed by atoms with Crippen molar-refractivity contribution in [2.75, 3.05) is 0 Å². The van der Waals surface area contributed by atoms with Gasteiger partial charge in [0.25, 0.3) is 0 Å². The van der Waals surface area contributed by atoms with Gasteiger partial charge >= 0.3 is 5.97 Å². The van der Waals surface area contributed by atoms with Crippen molar-refractivity contribution in [1.82, 2.24) is 4.98 Å². The van der Waals surface area contributed by atoms with E-state index in [1.54, 1.807) is 18.5 Å². The van der Waals surface area contributed by atoms with Crippen LogP contribution in [0.15, 0.2) is 29.5 Å². The fraction of sp³-hybridized carbons (Fsp3) is 0.308. The van der Waals surface area contributed by atoms with Crippen LogP contribution in [0, 0.1) is 11.3 Å². The number of esters is 1. The maximum absolute atomic E-state index is 11.5. The van der Waals surface area contributed by atoms with Crippen molar-refractivity contribution >= 4 is 22.9 Å². The van der Waals surface area contributed by atoms with E-state index in [2.05, 4.69) is 17.6 Å². The summed E-state index contributed by atoms with van der Waals surface area (Å²) in [7, 11) is 0. The van der Waals surface area contributed by atoms with Crippen LogP contribution in [-0.2, 0) is 9.53 Å². The normalized spacial score (nSPS) is 11.4. The molecule has 5 heteroatoms. The van der Waals surface area contributed by atoms with E-state index in [4.69, 9.17) is 4.74 Å². The Labute approximate surface area is 110 Å². The number of nitriles is 1. The number of hydrogen-bond acceptors (Lipinski definition) is 5. The summed E-state index contributed by atoms with van der Waals surface area (Å²) in [4.78, 5) is 15.6. The Bertz CT molecular complexity index is 510. The standard InChI is InChI=1S/C13H14N2O2S/c1-4-5-11(17-13(16)9(2)3)10(8-14)12-15-6-7-18-12/h6-7H,2,4-5H2,1,3H3. The Morgan fingerprint density at radius 1 is 1.67 bits per heavy atom. The van der Waals surface area contributed by atoms with Crippen molar-refractivity contribution in [2.45, 2.75) is 26.7 Å². The van der Waals surface area contributed by atoms with Crippen LogP contribution in [0.1, 0.15) is 31.7 Å². The van der Waals surface area contributed by atoms with E-state index >= 15 is 0 Å². The van der Waals surface area contributed by atoms with E-state index in [-0.39, 0.29) is 0 Å². The first-order valence-corrected chi connectivity index (χ1v) is 6.38. The third-order valence-corrected chi connectivity index (χ3v) is 2.87. The van der Waals surface area contributed by atoms with Crippen LogP contribution in [0.2, 0.25) is 0 Å². The Kier molecular flexibility index (Phi) is 5.28. The summed E-state index contributed by atoms with van der Waals surface area (Å²) >= 11 is 1.34. The summed E-state index contributed by atoms with van der Waals surface area (Å²) in [6.45, 7) is 7.04. The van der Waals surface area contributed by atoms with E-state index in [0.29, 0.717) is 28.3 Å². The molecule has 1 heterocycles. The second-order valence-electron chi connectivity index (χ2n) is 3.67. The molecule has 0 amide bonds. The summed E-state index contributed by atoms with van der Waals surface area (Å²) in [5.41, 5.74) is 0.626. The first-order chi connectivity index (χ1) is 8.60. The largest absolute Gasteiger partial charge is 0.426 e. The van der Waals surface area contributed by atoms with Crippen LogP contribution in [0.25, 0.3) is 5.57 Å². The van der Waals surface area contributed by atoms with E-state index in [1.165, 1.54) is 11.3 Å². The maximum Gasteiger partial charge on any atom is 0.338 e. The first-order valence-electron chi connectivity index (χ1n) is 5.51. The fourth-order valence-corrected chi connectivity index (χ4v) is 1.88. The number of rotatable bonds is 5. The van der Waals surface area contributed by atoms with Gasteiger partial charge in [0.15, 0.2) is 0 Å². The summed E-state index contributed by atoms with van der Waals surface area (Å²) in [6.07, 6.45) is 2.90. The average molecular weight is 262 g/mol. The monoisotopic (exact) mass is 262 g/mol. The SMILES string of the molecule is C=C(C)C(=O)OC(CCC)=C(C#N)c1nccs1. The van der Waals surface area contributed by atoms with Gasteiger partial charge in [0, 0.05) is 23.6 Å². The Hall–Kier alpha value is -1.93. The van der Waals surface area contributed by atoms with E-state index in [0.717, 1.165) is 6.42 Å². The molecule has 0 aliphatic rings. The third-order valence-electron chi connectivity index (χ3n) is 2.08. The zero-order chi connectivity index (χ0) is 13.5. The third kappa shape index (κ3) is 3.54. The van der Waals surface area contributed by atoms with Gasteiger partial charge in [-0.15, -0.1) is 11.3 Å². The zero-order valence-electron chi connectivity index (χ0n) is 10.4. The lowest BCUT2D eigenvalue weighted by molar-refractivity contribution is -0.135. The number of aromatic nitrogens is 1. The van der Waals surface area contributed by atoms with Gasteiger partial charge < -0.3 is 4.74 Å². The molecule has 1 aromatic heterocycles. The van der Waals surface area contributed by atoms with Crippen LogP contribution in [-0.4, -0.2) is 11.0 Å². The first kappa shape index (κ1) is 14.1. The van der Waals surface area contributed by atoms with Gasteiger partial charge in [0.2, 0.25) is 0 Å². The smallest absolute Gasteiger partial charge is 0.338 e. The van der Waals surface area contributed by atoms with Crippen molar-refractivity contribution in [3.63, 3.8) is 0 Å². The Morgan fingerprint density at radius 2 is 2.39 bits per heavy atom. The molecule has 0 bridgehead atoms. The summed E-state index contributed by atoms with van der Waals surface area (Å²) in [5.74, 6) is -0.147. The van der Waals surface area contributed by atoms with Gasteiger partial charge in [0.1, 0.15) is 22.4 Å². The molecule has 0 aromatic carbocycles. The second kappa shape index (κ2) is 6.72. The number of nitrogens with zero attached hydrogens (tertiary/aromatic N) is 2. The summed E-state index contributed by atoms with van der Waals surface area (Å²) in [5, 5.41) is 11.5. The lowest BCUT2D eigenvalue weighted by Gasteiger charge is -2.09. The highest BCUT2D eigenvalue weighted by Gasteiger charge is 2.16. The molecule has 0 radical (unpaired) electrons. The van der Waals surface area contributed by atoms with Gasteiger partial charge in [-0.2, -0.15) is 5.26 Å². The van der Waals surface area contributed by atoms with Gasteiger partial charge in [0.05, 0.1) is 0 Å². The lowest BCUT2D eigenvalue weighted by atomic mass is 10.2. The van der Waals surface area contributed by atoms with Gasteiger partial charge in [-0.25, -0.2) is 9.78 Å². The van der Waals surface area contributed by atoms with Crippen LogP contribution in [0.4, 0.5) is 0 Å².